The normalized spacial score (nSPS) is 16.5. The Hall–Kier alpha value is -3.20. The first-order valence-electron chi connectivity index (χ1n) is 11.1. The third-order valence-corrected chi connectivity index (χ3v) is 5.93. The van der Waals surface area contributed by atoms with E-state index in [4.69, 9.17) is 4.74 Å². The van der Waals surface area contributed by atoms with E-state index in [1.54, 1.807) is 11.8 Å². The van der Waals surface area contributed by atoms with E-state index in [0.717, 1.165) is 24.2 Å². The molecule has 0 bridgehead atoms. The number of aryl methyl sites for hydroxylation is 1. The minimum absolute atomic E-state index is 0.125. The van der Waals surface area contributed by atoms with Crippen molar-refractivity contribution in [1.29, 1.82) is 0 Å². The molecule has 2 saturated heterocycles. The predicted octanol–water partition coefficient (Wildman–Crippen LogP) is 1.29. The lowest BCUT2D eigenvalue weighted by Gasteiger charge is -2.27. The number of H-pyrrole nitrogens is 1. The number of anilines is 2. The number of nitrogens with one attached hydrogen (secondary N) is 2. The second-order valence-corrected chi connectivity index (χ2v) is 8.15. The molecule has 2 aliphatic heterocycles. The molecule has 1 aromatic carbocycles. The summed E-state index contributed by atoms with van der Waals surface area (Å²) in [6.07, 6.45) is 2.04. The molecule has 2 amide bonds. The van der Waals surface area contributed by atoms with Crippen LogP contribution < -0.4 is 20.7 Å². The fourth-order valence-electron chi connectivity index (χ4n) is 4.06. The van der Waals surface area contributed by atoms with E-state index >= 15 is 0 Å². The summed E-state index contributed by atoms with van der Waals surface area (Å²) in [6, 6.07) is 7.67. The summed E-state index contributed by atoms with van der Waals surface area (Å²) >= 11 is 0. The maximum absolute atomic E-state index is 12.5. The monoisotopic (exact) mass is 439 g/mol. The summed E-state index contributed by atoms with van der Waals surface area (Å²) in [4.78, 5) is 47.9. The van der Waals surface area contributed by atoms with E-state index in [0.29, 0.717) is 62.9 Å². The average Bonchev–Trinajstić information content (AvgIpc) is 3.23. The van der Waals surface area contributed by atoms with Crippen LogP contribution in [-0.4, -0.2) is 54.6 Å². The number of aromatic nitrogens is 2. The number of nitrogens with zero attached hydrogens (tertiary/aromatic N) is 3. The van der Waals surface area contributed by atoms with Crippen LogP contribution in [0.1, 0.15) is 36.1 Å². The number of hydrogen-bond donors (Lipinski definition) is 2. The second-order valence-electron chi connectivity index (χ2n) is 8.15. The average molecular weight is 440 g/mol. The predicted molar refractivity (Wildman–Crippen MR) is 121 cm³/mol. The highest BCUT2D eigenvalue weighted by molar-refractivity contribution is 5.95. The molecule has 9 nitrogen and oxygen atoms in total. The van der Waals surface area contributed by atoms with Gasteiger partial charge in [-0.25, -0.2) is 4.98 Å². The van der Waals surface area contributed by atoms with Gasteiger partial charge in [-0.3, -0.25) is 19.4 Å². The zero-order valence-electron chi connectivity index (χ0n) is 18.4. The lowest BCUT2D eigenvalue weighted by Crippen LogP contribution is -2.38. The van der Waals surface area contributed by atoms with Crippen LogP contribution >= 0.6 is 0 Å². The van der Waals surface area contributed by atoms with Crippen LogP contribution in [0.25, 0.3) is 0 Å². The van der Waals surface area contributed by atoms with Gasteiger partial charge < -0.3 is 19.9 Å². The molecule has 2 fully saturated rings. The number of aromatic amines is 1. The maximum atomic E-state index is 12.5. The summed E-state index contributed by atoms with van der Waals surface area (Å²) in [6.45, 7) is 5.58. The Kier molecular flexibility index (Phi) is 6.84. The first kappa shape index (κ1) is 22.0. The van der Waals surface area contributed by atoms with Gasteiger partial charge in [0, 0.05) is 56.0 Å². The third kappa shape index (κ3) is 5.16. The number of amides is 2. The number of morpholine rings is 1. The number of carbonyl (C=O) groups excluding carboxylic acids is 2. The molecule has 2 aliphatic rings. The van der Waals surface area contributed by atoms with Crippen LogP contribution in [-0.2, 0) is 27.3 Å². The number of benzene rings is 1. The van der Waals surface area contributed by atoms with Crippen molar-refractivity contribution in [2.24, 2.45) is 0 Å². The molecule has 170 valence electrons. The summed E-state index contributed by atoms with van der Waals surface area (Å²) in [5.41, 5.74) is 2.84. The third-order valence-electron chi connectivity index (χ3n) is 5.93. The molecule has 1 aromatic heterocycles. The highest BCUT2D eigenvalue weighted by Crippen LogP contribution is 2.21. The Bertz CT molecular complexity index is 1030. The summed E-state index contributed by atoms with van der Waals surface area (Å²) in [7, 11) is 0. The molecular weight excluding hydrogens is 410 g/mol. The van der Waals surface area contributed by atoms with Gasteiger partial charge in [0.2, 0.25) is 17.8 Å². The second kappa shape index (κ2) is 9.95. The van der Waals surface area contributed by atoms with Gasteiger partial charge >= 0.3 is 0 Å². The Morgan fingerprint density at radius 1 is 1.16 bits per heavy atom. The standard InChI is InChI=1S/C23H29N5O4/c1-16-19(22(31)26-23(25-16)27-11-13-32-14-12-27)8-9-20(29)24-15-17-4-6-18(7-5-17)28-10-2-3-21(28)30/h4-7H,2-3,8-15H2,1H3,(H,24,29)(H,25,26,31). The van der Waals surface area contributed by atoms with E-state index in [-0.39, 0.29) is 23.8 Å². The molecule has 32 heavy (non-hydrogen) atoms. The molecular formula is C23H29N5O4. The van der Waals surface area contributed by atoms with Gasteiger partial charge in [0.05, 0.1) is 13.2 Å². The molecule has 2 N–H and O–H groups in total. The maximum Gasteiger partial charge on any atom is 0.255 e. The molecule has 0 radical (unpaired) electrons. The lowest BCUT2D eigenvalue weighted by molar-refractivity contribution is -0.121. The van der Waals surface area contributed by atoms with Crippen molar-refractivity contribution in [3.05, 3.63) is 51.4 Å². The van der Waals surface area contributed by atoms with Crippen LogP contribution in [0.2, 0.25) is 0 Å². The SMILES string of the molecule is Cc1nc(N2CCOCC2)[nH]c(=O)c1CCC(=O)NCc1ccc(N2CCCC2=O)cc1. The molecule has 2 aromatic rings. The molecule has 9 heteroatoms. The van der Waals surface area contributed by atoms with Gasteiger partial charge in [-0.05, 0) is 37.5 Å². The molecule has 0 spiro atoms. The van der Waals surface area contributed by atoms with E-state index < -0.39 is 0 Å². The largest absolute Gasteiger partial charge is 0.378 e. The quantitative estimate of drug-likeness (QED) is 0.673. The van der Waals surface area contributed by atoms with Crippen molar-refractivity contribution in [3.8, 4) is 0 Å². The Labute approximate surface area is 186 Å². The fourth-order valence-corrected chi connectivity index (χ4v) is 4.06. The van der Waals surface area contributed by atoms with E-state index in [1.165, 1.54) is 0 Å². The highest BCUT2D eigenvalue weighted by atomic mass is 16.5. The molecule has 0 unspecified atom stereocenters. The summed E-state index contributed by atoms with van der Waals surface area (Å²) in [5.74, 6) is 0.590. The Morgan fingerprint density at radius 2 is 1.91 bits per heavy atom. The minimum Gasteiger partial charge on any atom is -0.378 e. The van der Waals surface area contributed by atoms with Crippen LogP contribution in [0.4, 0.5) is 11.6 Å². The van der Waals surface area contributed by atoms with Gasteiger partial charge in [0.25, 0.3) is 5.56 Å². The Morgan fingerprint density at radius 3 is 2.56 bits per heavy atom. The number of rotatable bonds is 7. The Balaban J connectivity index is 1.28. The van der Waals surface area contributed by atoms with Gasteiger partial charge in [-0.15, -0.1) is 0 Å². The van der Waals surface area contributed by atoms with Gasteiger partial charge in [-0.1, -0.05) is 12.1 Å². The van der Waals surface area contributed by atoms with Crippen LogP contribution in [0.3, 0.4) is 0 Å². The molecule has 3 heterocycles. The van der Waals surface area contributed by atoms with Crippen LogP contribution in [0.15, 0.2) is 29.1 Å². The van der Waals surface area contributed by atoms with E-state index in [9.17, 15) is 14.4 Å². The van der Waals surface area contributed by atoms with Crippen molar-refractivity contribution in [2.45, 2.75) is 39.2 Å². The van der Waals surface area contributed by atoms with Gasteiger partial charge in [0.15, 0.2) is 0 Å². The van der Waals surface area contributed by atoms with Crippen LogP contribution in [0, 0.1) is 6.92 Å². The number of hydrogen-bond acceptors (Lipinski definition) is 6. The van der Waals surface area contributed by atoms with Gasteiger partial charge in [-0.2, -0.15) is 0 Å². The van der Waals surface area contributed by atoms with Crippen molar-refractivity contribution in [1.82, 2.24) is 15.3 Å². The summed E-state index contributed by atoms with van der Waals surface area (Å²) in [5, 5.41) is 2.89. The smallest absolute Gasteiger partial charge is 0.255 e. The number of ether oxygens (including phenoxy) is 1. The zero-order valence-corrected chi connectivity index (χ0v) is 18.4. The molecule has 0 atom stereocenters. The fraction of sp³-hybridized carbons (Fsp3) is 0.478. The summed E-state index contributed by atoms with van der Waals surface area (Å²) < 4.78 is 5.34. The van der Waals surface area contributed by atoms with Crippen molar-refractivity contribution in [2.75, 3.05) is 42.6 Å². The number of carbonyl (C=O) groups is 2. The first-order valence-corrected chi connectivity index (χ1v) is 11.1. The molecule has 0 aliphatic carbocycles. The van der Waals surface area contributed by atoms with E-state index in [2.05, 4.69) is 15.3 Å². The minimum atomic E-state index is -0.196. The van der Waals surface area contributed by atoms with Crippen molar-refractivity contribution >= 4 is 23.5 Å². The highest BCUT2D eigenvalue weighted by Gasteiger charge is 2.21. The topological polar surface area (TPSA) is 108 Å². The zero-order chi connectivity index (χ0) is 22.5. The van der Waals surface area contributed by atoms with Gasteiger partial charge in [0.1, 0.15) is 0 Å². The van der Waals surface area contributed by atoms with Crippen LogP contribution in [0.5, 0.6) is 0 Å². The first-order chi connectivity index (χ1) is 15.5. The van der Waals surface area contributed by atoms with E-state index in [1.807, 2.05) is 29.2 Å². The van der Waals surface area contributed by atoms with Crippen molar-refractivity contribution < 1.29 is 14.3 Å². The van der Waals surface area contributed by atoms with Crippen molar-refractivity contribution in [3.63, 3.8) is 0 Å². The molecule has 0 saturated carbocycles. The lowest BCUT2D eigenvalue weighted by atomic mass is 10.1. The molecule has 4 rings (SSSR count).